The largest absolute Gasteiger partial charge is 0.481 e. The van der Waals surface area contributed by atoms with Gasteiger partial charge in [0, 0.05) is 6.54 Å². The van der Waals surface area contributed by atoms with Crippen molar-refractivity contribution in [3.05, 3.63) is 11.6 Å². The molecule has 0 aromatic rings. The highest BCUT2D eigenvalue weighted by Crippen LogP contribution is 1.97. The standard InChI is InChI=1S/C9H15NO3S/c1-7(2)3-4-10-8(11)5-14-6-9(12)13/h3H,4-6H2,1-2H3,(H,10,11)(H,12,13). The second-order valence-corrected chi connectivity index (χ2v) is 3.96. The smallest absolute Gasteiger partial charge is 0.313 e. The van der Waals surface area contributed by atoms with Crippen LogP contribution in [0.25, 0.3) is 0 Å². The first-order chi connectivity index (χ1) is 6.52. The maximum absolute atomic E-state index is 11.1. The summed E-state index contributed by atoms with van der Waals surface area (Å²) in [5.41, 5.74) is 1.14. The zero-order chi connectivity index (χ0) is 11.0. The van der Waals surface area contributed by atoms with E-state index in [1.807, 2.05) is 19.9 Å². The van der Waals surface area contributed by atoms with Crippen molar-refractivity contribution in [2.45, 2.75) is 13.8 Å². The minimum Gasteiger partial charge on any atom is -0.481 e. The molecule has 0 aromatic carbocycles. The number of aliphatic carboxylic acids is 1. The summed E-state index contributed by atoms with van der Waals surface area (Å²) in [5, 5.41) is 11.0. The number of carboxylic acids is 1. The Morgan fingerprint density at radius 3 is 2.50 bits per heavy atom. The zero-order valence-electron chi connectivity index (χ0n) is 8.37. The Morgan fingerprint density at radius 2 is 2.00 bits per heavy atom. The number of amides is 1. The maximum Gasteiger partial charge on any atom is 0.313 e. The molecule has 80 valence electrons. The minimum atomic E-state index is -0.896. The van der Waals surface area contributed by atoms with Gasteiger partial charge in [-0.2, -0.15) is 0 Å². The van der Waals surface area contributed by atoms with Crippen molar-refractivity contribution < 1.29 is 14.7 Å². The van der Waals surface area contributed by atoms with E-state index < -0.39 is 5.97 Å². The van der Waals surface area contributed by atoms with Gasteiger partial charge in [-0.05, 0) is 13.8 Å². The summed E-state index contributed by atoms with van der Waals surface area (Å²) in [4.78, 5) is 21.2. The van der Waals surface area contributed by atoms with Crippen molar-refractivity contribution in [3.8, 4) is 0 Å². The average Bonchev–Trinajstić information content (AvgIpc) is 2.02. The molecule has 1 amide bonds. The number of hydrogen-bond acceptors (Lipinski definition) is 3. The van der Waals surface area contributed by atoms with Crippen LogP contribution in [0.4, 0.5) is 0 Å². The number of carboxylic acid groups (broad SMARTS) is 1. The molecule has 0 aromatic heterocycles. The molecular weight excluding hydrogens is 202 g/mol. The number of carbonyl (C=O) groups is 2. The van der Waals surface area contributed by atoms with E-state index in [-0.39, 0.29) is 17.4 Å². The minimum absolute atomic E-state index is 0.0317. The van der Waals surface area contributed by atoms with Gasteiger partial charge < -0.3 is 10.4 Å². The number of hydrogen-bond donors (Lipinski definition) is 2. The fourth-order valence-corrected chi connectivity index (χ4v) is 1.22. The van der Waals surface area contributed by atoms with Crippen molar-refractivity contribution in [1.29, 1.82) is 0 Å². The maximum atomic E-state index is 11.1. The third-order valence-corrected chi connectivity index (χ3v) is 2.19. The Hall–Kier alpha value is -0.970. The lowest BCUT2D eigenvalue weighted by Gasteiger charge is -2.00. The lowest BCUT2D eigenvalue weighted by molar-refractivity contribution is -0.133. The molecule has 2 N–H and O–H groups in total. The van der Waals surface area contributed by atoms with E-state index in [2.05, 4.69) is 5.32 Å². The van der Waals surface area contributed by atoms with Crippen molar-refractivity contribution in [2.75, 3.05) is 18.1 Å². The molecule has 0 spiro atoms. The molecule has 5 heteroatoms. The molecule has 0 aliphatic heterocycles. The molecule has 0 radical (unpaired) electrons. The lowest BCUT2D eigenvalue weighted by Crippen LogP contribution is -2.25. The molecular formula is C9H15NO3S. The van der Waals surface area contributed by atoms with Crippen LogP contribution in [0, 0.1) is 0 Å². The van der Waals surface area contributed by atoms with Crippen LogP contribution in [0.2, 0.25) is 0 Å². The molecule has 0 saturated carbocycles. The Balaban J connectivity index is 3.47. The highest BCUT2D eigenvalue weighted by Gasteiger charge is 2.02. The van der Waals surface area contributed by atoms with Gasteiger partial charge in [0.05, 0.1) is 11.5 Å². The molecule has 0 heterocycles. The van der Waals surface area contributed by atoms with E-state index in [4.69, 9.17) is 5.11 Å². The first-order valence-corrected chi connectivity index (χ1v) is 5.37. The lowest BCUT2D eigenvalue weighted by atomic mass is 10.3. The second-order valence-electron chi connectivity index (χ2n) is 2.97. The molecule has 0 atom stereocenters. The molecule has 0 rings (SSSR count). The van der Waals surface area contributed by atoms with Gasteiger partial charge in [0.1, 0.15) is 0 Å². The predicted octanol–water partition coefficient (Wildman–Crippen LogP) is 0.887. The summed E-state index contributed by atoms with van der Waals surface area (Å²) >= 11 is 1.10. The normalized spacial score (nSPS) is 9.29. The van der Waals surface area contributed by atoms with Gasteiger partial charge >= 0.3 is 5.97 Å². The molecule has 14 heavy (non-hydrogen) atoms. The summed E-state index contributed by atoms with van der Waals surface area (Å²) in [6.45, 7) is 4.41. The van der Waals surface area contributed by atoms with Crippen LogP contribution >= 0.6 is 11.8 Å². The fraction of sp³-hybridized carbons (Fsp3) is 0.556. The third-order valence-electron chi connectivity index (χ3n) is 1.27. The van der Waals surface area contributed by atoms with Crippen LogP contribution in [0.15, 0.2) is 11.6 Å². The third kappa shape index (κ3) is 9.12. The summed E-state index contributed by atoms with van der Waals surface area (Å²) in [7, 11) is 0. The highest BCUT2D eigenvalue weighted by atomic mass is 32.2. The number of thioether (sulfide) groups is 1. The van der Waals surface area contributed by atoms with Crippen molar-refractivity contribution in [2.24, 2.45) is 0 Å². The highest BCUT2D eigenvalue weighted by molar-refractivity contribution is 8.00. The van der Waals surface area contributed by atoms with Crippen LogP contribution in [-0.4, -0.2) is 35.0 Å². The number of nitrogens with one attached hydrogen (secondary N) is 1. The van der Waals surface area contributed by atoms with E-state index in [1.165, 1.54) is 0 Å². The van der Waals surface area contributed by atoms with Crippen LogP contribution < -0.4 is 5.32 Å². The number of rotatable bonds is 6. The first-order valence-electron chi connectivity index (χ1n) is 4.22. The van der Waals surface area contributed by atoms with Gasteiger partial charge in [0.2, 0.25) is 5.91 Å². The average molecular weight is 217 g/mol. The van der Waals surface area contributed by atoms with E-state index in [9.17, 15) is 9.59 Å². The molecule has 0 bridgehead atoms. The van der Waals surface area contributed by atoms with Crippen molar-refractivity contribution in [3.63, 3.8) is 0 Å². The first kappa shape index (κ1) is 13.0. The van der Waals surface area contributed by atoms with Gasteiger partial charge in [-0.1, -0.05) is 11.6 Å². The Bertz CT molecular complexity index is 234. The summed E-state index contributed by atoms with van der Waals surface area (Å²) in [6, 6.07) is 0. The molecule has 0 aliphatic carbocycles. The monoisotopic (exact) mass is 217 g/mol. The van der Waals surface area contributed by atoms with Gasteiger partial charge in [0.25, 0.3) is 0 Å². The predicted molar refractivity (Wildman–Crippen MR) is 57.4 cm³/mol. The SMILES string of the molecule is CC(C)=CCNC(=O)CSCC(=O)O. The topological polar surface area (TPSA) is 66.4 Å². The van der Waals surface area contributed by atoms with Crippen LogP contribution in [0.5, 0.6) is 0 Å². The van der Waals surface area contributed by atoms with Crippen molar-refractivity contribution >= 4 is 23.6 Å². The van der Waals surface area contributed by atoms with E-state index in [0.29, 0.717) is 6.54 Å². The van der Waals surface area contributed by atoms with Crippen LogP contribution in [-0.2, 0) is 9.59 Å². The number of carbonyl (C=O) groups excluding carboxylic acids is 1. The van der Waals surface area contributed by atoms with Crippen LogP contribution in [0.1, 0.15) is 13.8 Å². The number of allylic oxidation sites excluding steroid dienone is 1. The van der Waals surface area contributed by atoms with Gasteiger partial charge in [-0.15, -0.1) is 11.8 Å². The van der Waals surface area contributed by atoms with Crippen LogP contribution in [0.3, 0.4) is 0 Å². The Morgan fingerprint density at radius 1 is 1.36 bits per heavy atom. The quantitative estimate of drug-likeness (QED) is 0.648. The second kappa shape index (κ2) is 7.44. The summed E-state index contributed by atoms with van der Waals surface area (Å²) in [5.74, 6) is -0.861. The van der Waals surface area contributed by atoms with E-state index >= 15 is 0 Å². The molecule has 0 fully saturated rings. The fourth-order valence-electron chi connectivity index (χ4n) is 0.651. The summed E-state index contributed by atoms with van der Waals surface area (Å²) < 4.78 is 0. The van der Waals surface area contributed by atoms with Gasteiger partial charge in [-0.25, -0.2) is 0 Å². The Kier molecular flexibility index (Phi) is 6.92. The van der Waals surface area contributed by atoms with Gasteiger partial charge in [0.15, 0.2) is 0 Å². The van der Waals surface area contributed by atoms with E-state index in [1.54, 1.807) is 0 Å². The Labute approximate surface area is 87.8 Å². The molecule has 0 saturated heterocycles. The van der Waals surface area contributed by atoms with Crippen molar-refractivity contribution in [1.82, 2.24) is 5.32 Å². The molecule has 4 nitrogen and oxygen atoms in total. The zero-order valence-corrected chi connectivity index (χ0v) is 9.19. The molecule has 0 unspecified atom stereocenters. The molecule has 0 aliphatic rings. The van der Waals surface area contributed by atoms with E-state index in [0.717, 1.165) is 17.3 Å². The van der Waals surface area contributed by atoms with Gasteiger partial charge in [-0.3, -0.25) is 9.59 Å². The summed E-state index contributed by atoms with van der Waals surface area (Å²) in [6.07, 6.45) is 1.90.